The summed E-state index contributed by atoms with van der Waals surface area (Å²) in [4.78, 5) is 3.86. The molecule has 0 spiro atoms. The summed E-state index contributed by atoms with van der Waals surface area (Å²) in [6.07, 6.45) is 4.36. The van der Waals surface area contributed by atoms with Gasteiger partial charge in [0.2, 0.25) is 0 Å². The van der Waals surface area contributed by atoms with E-state index in [9.17, 15) is 8.42 Å². The molecule has 1 saturated carbocycles. The van der Waals surface area contributed by atoms with E-state index in [0.717, 1.165) is 19.3 Å². The topological polar surface area (TPSA) is 85.1 Å². The molecule has 1 aliphatic carbocycles. The molecule has 3 N–H and O–H groups in total. The van der Waals surface area contributed by atoms with Crippen LogP contribution in [0.3, 0.4) is 0 Å². The van der Waals surface area contributed by atoms with Gasteiger partial charge in [-0.05, 0) is 30.4 Å². The summed E-state index contributed by atoms with van der Waals surface area (Å²) in [5.74, 6) is 0. The summed E-state index contributed by atoms with van der Waals surface area (Å²) in [7, 11) is -3.63. The van der Waals surface area contributed by atoms with Crippen LogP contribution >= 0.6 is 0 Å². The van der Waals surface area contributed by atoms with Gasteiger partial charge in [0, 0.05) is 12.2 Å². The van der Waals surface area contributed by atoms with E-state index < -0.39 is 10.0 Å². The molecule has 5 nitrogen and oxygen atoms in total. The Morgan fingerprint density at radius 2 is 2.22 bits per heavy atom. The molecule has 18 heavy (non-hydrogen) atoms. The molecule has 1 atom stereocenters. The predicted molar refractivity (Wildman–Crippen MR) is 70.4 cm³/mol. The summed E-state index contributed by atoms with van der Waals surface area (Å²) >= 11 is 0. The lowest BCUT2D eigenvalue weighted by Crippen LogP contribution is -2.41. The van der Waals surface area contributed by atoms with Gasteiger partial charge >= 0.3 is 0 Å². The normalized spacial score (nSPS) is 23.1. The van der Waals surface area contributed by atoms with E-state index in [2.05, 4.69) is 23.6 Å². The third-order valence-corrected chi connectivity index (χ3v) is 5.05. The minimum absolute atomic E-state index is 0.0172. The fourth-order valence-corrected chi connectivity index (χ4v) is 3.92. The number of anilines is 1. The molecule has 0 saturated heterocycles. The van der Waals surface area contributed by atoms with Crippen molar-refractivity contribution in [2.45, 2.75) is 44.2 Å². The zero-order valence-corrected chi connectivity index (χ0v) is 11.5. The quantitative estimate of drug-likeness (QED) is 0.871. The summed E-state index contributed by atoms with van der Waals surface area (Å²) < 4.78 is 27.2. The molecule has 0 amide bonds. The number of hydrogen-bond donors (Lipinski definition) is 2. The van der Waals surface area contributed by atoms with Crippen LogP contribution in [0.1, 0.15) is 33.1 Å². The van der Waals surface area contributed by atoms with Crippen LogP contribution in [0.15, 0.2) is 23.4 Å². The summed E-state index contributed by atoms with van der Waals surface area (Å²) in [6.45, 7) is 4.16. The van der Waals surface area contributed by atoms with Crippen molar-refractivity contribution in [2.24, 2.45) is 5.41 Å². The van der Waals surface area contributed by atoms with Crippen molar-refractivity contribution in [2.75, 3.05) is 5.73 Å². The fourth-order valence-electron chi connectivity index (χ4n) is 2.42. The zero-order chi connectivity index (χ0) is 13.4. The Morgan fingerprint density at radius 3 is 2.78 bits per heavy atom. The average Bonchev–Trinajstić information content (AvgIpc) is 2.58. The maximum absolute atomic E-state index is 12.2. The molecule has 1 aliphatic rings. The number of rotatable bonds is 3. The van der Waals surface area contributed by atoms with Crippen LogP contribution in [-0.2, 0) is 10.0 Å². The second kappa shape index (κ2) is 4.51. The van der Waals surface area contributed by atoms with Crippen molar-refractivity contribution in [3.63, 3.8) is 0 Å². The van der Waals surface area contributed by atoms with Crippen molar-refractivity contribution in [3.05, 3.63) is 18.3 Å². The first kappa shape index (κ1) is 13.3. The molecule has 0 radical (unpaired) electrons. The number of pyridine rings is 1. The van der Waals surface area contributed by atoms with Crippen LogP contribution in [0.4, 0.5) is 5.69 Å². The van der Waals surface area contributed by atoms with Crippen LogP contribution in [0.5, 0.6) is 0 Å². The molecule has 6 heteroatoms. The molecule has 1 aromatic heterocycles. The smallest absolute Gasteiger partial charge is 0.260 e. The van der Waals surface area contributed by atoms with Gasteiger partial charge in [0.25, 0.3) is 10.0 Å². The third kappa shape index (κ3) is 2.49. The second-order valence-corrected chi connectivity index (χ2v) is 7.08. The first-order chi connectivity index (χ1) is 8.33. The Balaban J connectivity index is 2.26. The van der Waals surface area contributed by atoms with Gasteiger partial charge in [-0.3, -0.25) is 0 Å². The van der Waals surface area contributed by atoms with Gasteiger partial charge < -0.3 is 5.73 Å². The first-order valence-electron chi connectivity index (χ1n) is 6.06. The number of aromatic nitrogens is 1. The Morgan fingerprint density at radius 1 is 1.50 bits per heavy atom. The van der Waals surface area contributed by atoms with Gasteiger partial charge in [0.1, 0.15) is 0 Å². The zero-order valence-electron chi connectivity index (χ0n) is 10.7. The lowest BCUT2D eigenvalue weighted by molar-refractivity contribution is 0.312. The highest BCUT2D eigenvalue weighted by Crippen LogP contribution is 2.38. The molecule has 0 aromatic carbocycles. The van der Waals surface area contributed by atoms with Gasteiger partial charge in [-0.15, -0.1) is 0 Å². The van der Waals surface area contributed by atoms with Gasteiger partial charge in [-0.2, -0.15) is 0 Å². The maximum atomic E-state index is 12.2. The van der Waals surface area contributed by atoms with Crippen LogP contribution in [0, 0.1) is 5.41 Å². The SMILES string of the molecule is CC1(C)CCCC1NS(=O)(=O)c1ncccc1N. The van der Waals surface area contributed by atoms with E-state index in [1.54, 1.807) is 12.1 Å². The number of sulfonamides is 1. The van der Waals surface area contributed by atoms with Gasteiger partial charge in [0.15, 0.2) is 5.03 Å². The molecule has 2 rings (SSSR count). The Kier molecular flexibility index (Phi) is 3.33. The van der Waals surface area contributed by atoms with Crippen LogP contribution < -0.4 is 10.5 Å². The van der Waals surface area contributed by atoms with E-state index >= 15 is 0 Å². The summed E-state index contributed by atoms with van der Waals surface area (Å²) in [6, 6.07) is 3.11. The van der Waals surface area contributed by atoms with Gasteiger partial charge in [0.05, 0.1) is 5.69 Å². The van der Waals surface area contributed by atoms with Crippen molar-refractivity contribution in [1.82, 2.24) is 9.71 Å². The average molecular weight is 269 g/mol. The van der Waals surface area contributed by atoms with E-state index in [-0.39, 0.29) is 22.2 Å². The Labute approximate surface area is 108 Å². The highest BCUT2D eigenvalue weighted by atomic mass is 32.2. The van der Waals surface area contributed by atoms with E-state index in [1.807, 2.05) is 0 Å². The molecule has 0 bridgehead atoms. The Bertz CT molecular complexity index is 540. The minimum Gasteiger partial charge on any atom is -0.396 e. The standard InChI is InChI=1S/C12H19N3O2S/c1-12(2)7-3-6-10(12)15-18(16,17)11-9(13)5-4-8-14-11/h4-5,8,10,15H,3,6-7,13H2,1-2H3. The molecule has 1 aromatic rings. The lowest BCUT2D eigenvalue weighted by atomic mass is 9.88. The van der Waals surface area contributed by atoms with Crippen molar-refractivity contribution >= 4 is 15.7 Å². The molecule has 0 aliphatic heterocycles. The predicted octanol–water partition coefficient (Wildman–Crippen LogP) is 1.52. The number of nitrogens with two attached hydrogens (primary N) is 1. The molecule has 1 unspecified atom stereocenters. The van der Waals surface area contributed by atoms with Crippen molar-refractivity contribution < 1.29 is 8.42 Å². The van der Waals surface area contributed by atoms with Crippen LogP contribution in [0.25, 0.3) is 0 Å². The van der Waals surface area contributed by atoms with Crippen LogP contribution in [0.2, 0.25) is 0 Å². The second-order valence-electron chi connectivity index (χ2n) is 5.45. The van der Waals surface area contributed by atoms with Crippen molar-refractivity contribution in [1.29, 1.82) is 0 Å². The molecular weight excluding hydrogens is 250 g/mol. The third-order valence-electron chi connectivity index (χ3n) is 3.61. The Hall–Kier alpha value is -1.14. The first-order valence-corrected chi connectivity index (χ1v) is 7.54. The highest BCUT2D eigenvalue weighted by Gasteiger charge is 2.37. The fraction of sp³-hybridized carbons (Fsp3) is 0.583. The maximum Gasteiger partial charge on any atom is 0.260 e. The molecule has 1 heterocycles. The summed E-state index contributed by atoms with van der Waals surface area (Å²) in [5.41, 5.74) is 5.83. The number of nitrogens with one attached hydrogen (secondary N) is 1. The van der Waals surface area contributed by atoms with E-state index in [4.69, 9.17) is 5.73 Å². The lowest BCUT2D eigenvalue weighted by Gasteiger charge is -2.27. The molecule has 1 fully saturated rings. The van der Waals surface area contributed by atoms with Gasteiger partial charge in [-0.1, -0.05) is 20.3 Å². The highest BCUT2D eigenvalue weighted by molar-refractivity contribution is 7.89. The minimum atomic E-state index is -3.63. The number of nitrogens with zero attached hydrogens (tertiary/aromatic N) is 1. The molecular formula is C12H19N3O2S. The number of nitrogen functional groups attached to an aromatic ring is 1. The van der Waals surface area contributed by atoms with E-state index in [1.165, 1.54) is 6.20 Å². The van der Waals surface area contributed by atoms with Crippen molar-refractivity contribution in [3.8, 4) is 0 Å². The van der Waals surface area contributed by atoms with E-state index in [0.29, 0.717) is 0 Å². The largest absolute Gasteiger partial charge is 0.396 e. The number of hydrogen-bond acceptors (Lipinski definition) is 4. The molecule has 100 valence electrons. The summed E-state index contributed by atoms with van der Waals surface area (Å²) in [5, 5.41) is -0.0762. The van der Waals surface area contributed by atoms with Crippen LogP contribution in [-0.4, -0.2) is 19.4 Å². The monoisotopic (exact) mass is 269 g/mol. The van der Waals surface area contributed by atoms with Gasteiger partial charge in [-0.25, -0.2) is 18.1 Å².